The van der Waals surface area contributed by atoms with Crippen molar-refractivity contribution in [2.75, 3.05) is 39.3 Å². The second-order valence-corrected chi connectivity index (χ2v) is 9.83. The smallest absolute Gasteiger partial charge is 0.253 e. The van der Waals surface area contributed by atoms with Crippen molar-refractivity contribution in [1.29, 1.82) is 0 Å². The number of rotatable bonds is 7. The van der Waals surface area contributed by atoms with Crippen LogP contribution in [0.1, 0.15) is 28.8 Å². The Hall–Kier alpha value is -2.26. The lowest BCUT2D eigenvalue weighted by Crippen LogP contribution is -2.50. The van der Waals surface area contributed by atoms with Crippen LogP contribution in [-0.2, 0) is 21.3 Å². The monoisotopic (exact) mass is 443 g/mol. The van der Waals surface area contributed by atoms with Crippen LogP contribution < -0.4 is 4.72 Å². The zero-order valence-corrected chi connectivity index (χ0v) is 18.4. The highest BCUT2D eigenvalue weighted by Crippen LogP contribution is 2.17. The number of carbonyl (C=O) groups excluding carboxylic acids is 1. The van der Waals surface area contributed by atoms with Gasteiger partial charge in [-0.1, -0.05) is 36.4 Å². The average Bonchev–Trinajstić information content (AvgIpc) is 3.32. The molecule has 0 aromatic heterocycles. The average molecular weight is 444 g/mol. The number of ether oxygens (including phenoxy) is 1. The van der Waals surface area contributed by atoms with E-state index in [0.29, 0.717) is 24.8 Å². The van der Waals surface area contributed by atoms with Crippen molar-refractivity contribution < 1.29 is 17.9 Å². The molecule has 0 aliphatic carbocycles. The van der Waals surface area contributed by atoms with Crippen LogP contribution in [-0.4, -0.2) is 69.6 Å². The standard InChI is InChI=1S/C23H29N3O4S/c27-23(26-13-11-25(12-14-26)18-21-9-5-15-30-21)20-8-4-10-22(16-20)31(28,29)24-17-19-6-2-1-3-7-19/h1-4,6-8,10,16,21,24H,5,9,11-15,17-18H2. The SMILES string of the molecule is O=C(c1cccc(S(=O)(=O)NCc2ccccc2)c1)N1CCN(CC2CCCO2)CC1. The molecule has 166 valence electrons. The van der Waals surface area contributed by atoms with Gasteiger partial charge in [0.05, 0.1) is 11.0 Å². The molecular weight excluding hydrogens is 414 g/mol. The highest BCUT2D eigenvalue weighted by atomic mass is 32.2. The molecule has 31 heavy (non-hydrogen) atoms. The molecule has 1 atom stereocenters. The van der Waals surface area contributed by atoms with Gasteiger partial charge in [0, 0.05) is 51.4 Å². The van der Waals surface area contributed by atoms with Gasteiger partial charge in [-0.15, -0.1) is 0 Å². The number of hydrogen-bond acceptors (Lipinski definition) is 5. The highest BCUT2D eigenvalue weighted by molar-refractivity contribution is 7.89. The van der Waals surface area contributed by atoms with Gasteiger partial charge < -0.3 is 9.64 Å². The number of nitrogens with zero attached hydrogens (tertiary/aromatic N) is 2. The Morgan fingerprint density at radius 2 is 1.81 bits per heavy atom. The van der Waals surface area contributed by atoms with Gasteiger partial charge in [-0.05, 0) is 36.6 Å². The first-order valence-corrected chi connectivity index (χ1v) is 12.3. The van der Waals surface area contributed by atoms with Crippen LogP contribution in [0.25, 0.3) is 0 Å². The van der Waals surface area contributed by atoms with Crippen molar-refractivity contribution in [2.24, 2.45) is 0 Å². The van der Waals surface area contributed by atoms with E-state index in [2.05, 4.69) is 9.62 Å². The quantitative estimate of drug-likeness (QED) is 0.709. The van der Waals surface area contributed by atoms with Crippen molar-refractivity contribution in [1.82, 2.24) is 14.5 Å². The zero-order chi connectivity index (χ0) is 21.7. The van der Waals surface area contributed by atoms with Crippen LogP contribution in [0, 0.1) is 0 Å². The molecule has 7 nitrogen and oxygen atoms in total. The first kappa shape index (κ1) is 22.0. The number of nitrogens with one attached hydrogen (secondary N) is 1. The molecule has 2 saturated heterocycles. The Morgan fingerprint density at radius 1 is 1.03 bits per heavy atom. The first-order chi connectivity index (χ1) is 15.0. The molecule has 0 radical (unpaired) electrons. The maximum absolute atomic E-state index is 13.0. The molecule has 8 heteroatoms. The van der Waals surface area contributed by atoms with Crippen LogP contribution in [0.5, 0.6) is 0 Å². The van der Waals surface area contributed by atoms with Gasteiger partial charge in [-0.2, -0.15) is 0 Å². The molecule has 2 fully saturated rings. The first-order valence-electron chi connectivity index (χ1n) is 10.8. The second-order valence-electron chi connectivity index (χ2n) is 8.07. The minimum absolute atomic E-state index is 0.103. The highest BCUT2D eigenvalue weighted by Gasteiger charge is 2.26. The summed E-state index contributed by atoms with van der Waals surface area (Å²) in [7, 11) is -3.71. The van der Waals surface area contributed by atoms with E-state index in [1.165, 1.54) is 12.1 Å². The normalized spacial score (nSPS) is 20.1. The van der Waals surface area contributed by atoms with E-state index in [-0.39, 0.29) is 17.3 Å². The molecule has 0 bridgehead atoms. The van der Waals surface area contributed by atoms with Gasteiger partial charge in [0.15, 0.2) is 0 Å². The van der Waals surface area contributed by atoms with Crippen molar-refractivity contribution in [3.63, 3.8) is 0 Å². The number of piperazine rings is 1. The van der Waals surface area contributed by atoms with Crippen molar-refractivity contribution >= 4 is 15.9 Å². The van der Waals surface area contributed by atoms with Crippen LogP contribution in [0.2, 0.25) is 0 Å². The van der Waals surface area contributed by atoms with Crippen LogP contribution in [0.3, 0.4) is 0 Å². The van der Waals surface area contributed by atoms with E-state index in [9.17, 15) is 13.2 Å². The van der Waals surface area contributed by atoms with Gasteiger partial charge in [0.2, 0.25) is 10.0 Å². The van der Waals surface area contributed by atoms with E-state index in [0.717, 1.165) is 44.6 Å². The topological polar surface area (TPSA) is 79.0 Å². The van der Waals surface area contributed by atoms with Gasteiger partial charge in [0.1, 0.15) is 0 Å². The van der Waals surface area contributed by atoms with Crippen LogP contribution >= 0.6 is 0 Å². The van der Waals surface area contributed by atoms with E-state index in [4.69, 9.17) is 4.74 Å². The summed E-state index contributed by atoms with van der Waals surface area (Å²) in [5, 5.41) is 0. The Morgan fingerprint density at radius 3 is 2.52 bits per heavy atom. The van der Waals surface area contributed by atoms with Gasteiger partial charge in [-0.25, -0.2) is 13.1 Å². The summed E-state index contributed by atoms with van der Waals surface area (Å²) in [4.78, 5) is 17.2. The second kappa shape index (κ2) is 9.91. The molecule has 1 amide bonds. The summed E-state index contributed by atoms with van der Waals surface area (Å²) in [5.41, 5.74) is 1.27. The zero-order valence-electron chi connectivity index (χ0n) is 17.6. The lowest BCUT2D eigenvalue weighted by atomic mass is 10.1. The molecule has 1 N–H and O–H groups in total. The van der Waals surface area contributed by atoms with Gasteiger partial charge >= 0.3 is 0 Å². The minimum atomic E-state index is -3.71. The maximum atomic E-state index is 13.0. The van der Waals surface area contributed by atoms with Crippen molar-refractivity contribution in [3.8, 4) is 0 Å². The summed E-state index contributed by atoms with van der Waals surface area (Å²) in [6.07, 6.45) is 2.55. The Balaban J connectivity index is 1.35. The number of amides is 1. The van der Waals surface area contributed by atoms with E-state index >= 15 is 0 Å². The third kappa shape index (κ3) is 5.71. The Bertz CT molecular complexity index is 983. The largest absolute Gasteiger partial charge is 0.377 e. The van der Waals surface area contributed by atoms with Crippen molar-refractivity contribution in [3.05, 3.63) is 65.7 Å². The van der Waals surface area contributed by atoms with Crippen molar-refractivity contribution in [2.45, 2.75) is 30.4 Å². The number of carbonyl (C=O) groups is 1. The Labute approximate surface area is 184 Å². The predicted octanol–water partition coefficient (Wildman–Crippen LogP) is 2.10. The number of sulfonamides is 1. The third-order valence-electron chi connectivity index (χ3n) is 5.85. The summed E-state index contributed by atoms with van der Waals surface area (Å²) >= 11 is 0. The molecule has 2 aliphatic heterocycles. The number of hydrogen-bond donors (Lipinski definition) is 1. The molecule has 1 unspecified atom stereocenters. The van der Waals surface area contributed by atoms with E-state index in [1.54, 1.807) is 17.0 Å². The minimum Gasteiger partial charge on any atom is -0.377 e. The lowest BCUT2D eigenvalue weighted by molar-refractivity contribution is 0.0432. The summed E-state index contributed by atoms with van der Waals surface area (Å²) in [6.45, 7) is 4.85. The van der Waals surface area contributed by atoms with Crippen LogP contribution in [0.4, 0.5) is 0 Å². The van der Waals surface area contributed by atoms with Gasteiger partial charge in [-0.3, -0.25) is 9.69 Å². The van der Waals surface area contributed by atoms with E-state index < -0.39 is 10.0 Å². The molecule has 4 rings (SSSR count). The molecule has 2 aliphatic rings. The lowest BCUT2D eigenvalue weighted by Gasteiger charge is -2.35. The fraction of sp³-hybridized carbons (Fsp3) is 0.435. The fourth-order valence-corrected chi connectivity index (χ4v) is 5.11. The van der Waals surface area contributed by atoms with E-state index in [1.807, 2.05) is 30.3 Å². The summed E-state index contributed by atoms with van der Waals surface area (Å²) in [6, 6.07) is 15.6. The maximum Gasteiger partial charge on any atom is 0.253 e. The molecule has 2 aromatic carbocycles. The molecule has 0 saturated carbocycles. The summed E-state index contributed by atoms with van der Waals surface area (Å²) < 4.78 is 33.7. The molecule has 2 aromatic rings. The third-order valence-corrected chi connectivity index (χ3v) is 7.24. The fourth-order valence-electron chi connectivity index (χ4n) is 4.05. The van der Waals surface area contributed by atoms with Crippen LogP contribution in [0.15, 0.2) is 59.5 Å². The molecule has 2 heterocycles. The summed E-state index contributed by atoms with van der Waals surface area (Å²) in [5.74, 6) is -0.128. The molecule has 0 spiro atoms. The molecular formula is C23H29N3O4S. The number of benzene rings is 2. The van der Waals surface area contributed by atoms with Gasteiger partial charge in [0.25, 0.3) is 5.91 Å². The Kier molecular flexibility index (Phi) is 7.02. The predicted molar refractivity (Wildman–Crippen MR) is 118 cm³/mol.